The van der Waals surface area contributed by atoms with Gasteiger partial charge >= 0.3 is 6.18 Å². The lowest BCUT2D eigenvalue weighted by atomic mass is 10.0. The van der Waals surface area contributed by atoms with E-state index in [-0.39, 0.29) is 29.1 Å². The Morgan fingerprint density at radius 1 is 1.20 bits per heavy atom. The van der Waals surface area contributed by atoms with Crippen LogP contribution in [0.4, 0.5) is 17.6 Å². The van der Waals surface area contributed by atoms with Crippen LogP contribution in [0.2, 0.25) is 0 Å². The van der Waals surface area contributed by atoms with Crippen LogP contribution >= 0.6 is 0 Å². The van der Waals surface area contributed by atoms with Crippen molar-refractivity contribution in [3.63, 3.8) is 0 Å². The first-order valence-electron chi connectivity index (χ1n) is 8.87. The lowest BCUT2D eigenvalue weighted by Crippen LogP contribution is -2.20. The van der Waals surface area contributed by atoms with Crippen molar-refractivity contribution in [3.05, 3.63) is 76.0 Å². The Labute approximate surface area is 169 Å². The molecule has 0 atom stereocenters. The SMILES string of the molecule is CNC(=O)c1c(C)nn(-c2cc(Cc3cc(F)cc(C(F)(F)F)c3)ccn2)c1CO. The molecule has 6 nitrogen and oxygen atoms in total. The van der Waals surface area contributed by atoms with Crippen molar-refractivity contribution >= 4 is 5.91 Å². The van der Waals surface area contributed by atoms with Crippen molar-refractivity contribution in [2.75, 3.05) is 7.05 Å². The molecular formula is C20H18F4N4O2. The molecule has 1 amide bonds. The number of nitrogens with one attached hydrogen (secondary N) is 1. The van der Waals surface area contributed by atoms with Crippen LogP contribution in [0, 0.1) is 12.7 Å². The zero-order valence-electron chi connectivity index (χ0n) is 16.1. The summed E-state index contributed by atoms with van der Waals surface area (Å²) in [5, 5.41) is 16.5. The van der Waals surface area contributed by atoms with Crippen molar-refractivity contribution in [3.8, 4) is 5.82 Å². The molecule has 2 aromatic heterocycles. The van der Waals surface area contributed by atoms with E-state index in [0.717, 1.165) is 12.1 Å². The fraction of sp³-hybridized carbons (Fsp3) is 0.250. The van der Waals surface area contributed by atoms with E-state index in [2.05, 4.69) is 15.4 Å². The molecular weight excluding hydrogens is 404 g/mol. The van der Waals surface area contributed by atoms with Gasteiger partial charge in [0.1, 0.15) is 5.82 Å². The van der Waals surface area contributed by atoms with E-state index in [0.29, 0.717) is 17.3 Å². The number of aliphatic hydroxyl groups is 1. The van der Waals surface area contributed by atoms with Gasteiger partial charge in [0.2, 0.25) is 0 Å². The van der Waals surface area contributed by atoms with Crippen LogP contribution in [0.25, 0.3) is 5.82 Å². The highest BCUT2D eigenvalue weighted by Gasteiger charge is 2.31. The van der Waals surface area contributed by atoms with Gasteiger partial charge in [0.05, 0.1) is 29.1 Å². The van der Waals surface area contributed by atoms with E-state index in [9.17, 15) is 27.5 Å². The van der Waals surface area contributed by atoms with Crippen LogP contribution in [0.15, 0.2) is 36.5 Å². The number of nitrogens with zero attached hydrogens (tertiary/aromatic N) is 3. The first-order chi connectivity index (χ1) is 14.1. The fourth-order valence-electron chi connectivity index (χ4n) is 3.17. The van der Waals surface area contributed by atoms with Gasteiger partial charge in [-0.25, -0.2) is 14.1 Å². The molecule has 0 spiro atoms. The van der Waals surface area contributed by atoms with E-state index in [1.54, 1.807) is 19.1 Å². The normalized spacial score (nSPS) is 11.6. The number of aromatic nitrogens is 3. The maximum atomic E-state index is 13.7. The number of aryl methyl sites for hydroxylation is 1. The molecule has 0 fully saturated rings. The number of carbonyl (C=O) groups excluding carboxylic acids is 1. The summed E-state index contributed by atoms with van der Waals surface area (Å²) in [5.74, 6) is -1.13. The van der Waals surface area contributed by atoms with E-state index in [1.807, 2.05) is 0 Å². The number of aliphatic hydroxyl groups excluding tert-OH is 1. The van der Waals surface area contributed by atoms with Gasteiger partial charge in [0.25, 0.3) is 5.91 Å². The Hall–Kier alpha value is -3.27. The summed E-state index contributed by atoms with van der Waals surface area (Å²) in [6, 6.07) is 5.51. The maximum absolute atomic E-state index is 13.7. The molecule has 2 heterocycles. The van der Waals surface area contributed by atoms with Crippen LogP contribution in [-0.2, 0) is 19.2 Å². The van der Waals surface area contributed by atoms with Crippen LogP contribution < -0.4 is 5.32 Å². The Balaban J connectivity index is 1.99. The number of amides is 1. The molecule has 0 unspecified atom stereocenters. The molecule has 1 aromatic carbocycles. The first kappa shape index (κ1) is 21.4. The van der Waals surface area contributed by atoms with E-state index in [1.165, 1.54) is 17.9 Å². The Morgan fingerprint density at radius 3 is 2.57 bits per heavy atom. The van der Waals surface area contributed by atoms with Gasteiger partial charge in [-0.2, -0.15) is 18.3 Å². The Bertz CT molecular complexity index is 1090. The highest BCUT2D eigenvalue weighted by atomic mass is 19.4. The lowest BCUT2D eigenvalue weighted by molar-refractivity contribution is -0.137. The highest BCUT2D eigenvalue weighted by molar-refractivity contribution is 5.96. The number of rotatable bonds is 5. The predicted octanol–water partition coefficient (Wildman–Crippen LogP) is 3.18. The average molecular weight is 422 g/mol. The molecule has 0 saturated heterocycles. The minimum absolute atomic E-state index is 0.0212. The molecule has 2 N–H and O–H groups in total. The van der Waals surface area contributed by atoms with Gasteiger partial charge in [-0.05, 0) is 54.8 Å². The third kappa shape index (κ3) is 4.33. The summed E-state index contributed by atoms with van der Waals surface area (Å²) < 4.78 is 53.8. The van der Waals surface area contributed by atoms with Gasteiger partial charge in [-0.3, -0.25) is 4.79 Å². The smallest absolute Gasteiger partial charge is 0.390 e. The van der Waals surface area contributed by atoms with Gasteiger partial charge in [-0.1, -0.05) is 0 Å². The van der Waals surface area contributed by atoms with Crippen molar-refractivity contribution < 1.29 is 27.5 Å². The molecule has 10 heteroatoms. The topological polar surface area (TPSA) is 80.0 Å². The second-order valence-electron chi connectivity index (χ2n) is 6.60. The molecule has 3 rings (SSSR count). The fourth-order valence-corrected chi connectivity index (χ4v) is 3.17. The molecule has 3 aromatic rings. The third-order valence-electron chi connectivity index (χ3n) is 4.48. The highest BCUT2D eigenvalue weighted by Crippen LogP contribution is 2.31. The number of carbonyl (C=O) groups is 1. The number of pyridine rings is 1. The van der Waals surface area contributed by atoms with E-state index in [4.69, 9.17) is 0 Å². The Morgan fingerprint density at radius 2 is 1.93 bits per heavy atom. The largest absolute Gasteiger partial charge is 0.416 e. The predicted molar refractivity (Wildman–Crippen MR) is 99.6 cm³/mol. The number of benzene rings is 1. The van der Waals surface area contributed by atoms with Crippen LogP contribution in [-0.4, -0.2) is 32.8 Å². The summed E-state index contributed by atoms with van der Waals surface area (Å²) >= 11 is 0. The van der Waals surface area contributed by atoms with E-state index >= 15 is 0 Å². The second-order valence-corrected chi connectivity index (χ2v) is 6.60. The van der Waals surface area contributed by atoms with Gasteiger partial charge < -0.3 is 10.4 Å². The molecule has 158 valence electrons. The number of hydrogen-bond donors (Lipinski definition) is 2. The minimum Gasteiger partial charge on any atom is -0.390 e. The summed E-state index contributed by atoms with van der Waals surface area (Å²) in [6.07, 6.45) is -3.21. The van der Waals surface area contributed by atoms with Crippen LogP contribution in [0.5, 0.6) is 0 Å². The molecule has 0 saturated carbocycles. The second kappa shape index (κ2) is 8.23. The van der Waals surface area contributed by atoms with E-state index < -0.39 is 30.1 Å². The maximum Gasteiger partial charge on any atom is 0.416 e. The quantitative estimate of drug-likeness (QED) is 0.619. The van der Waals surface area contributed by atoms with Crippen LogP contribution in [0.1, 0.15) is 38.4 Å². The number of halogens is 4. The van der Waals surface area contributed by atoms with Gasteiger partial charge in [-0.15, -0.1) is 0 Å². The number of hydrogen-bond acceptors (Lipinski definition) is 4. The van der Waals surface area contributed by atoms with Crippen molar-refractivity contribution in [1.82, 2.24) is 20.1 Å². The summed E-state index contributed by atoms with van der Waals surface area (Å²) in [4.78, 5) is 16.3. The summed E-state index contributed by atoms with van der Waals surface area (Å²) in [5.41, 5.74) is 0.452. The number of alkyl halides is 3. The first-order valence-corrected chi connectivity index (χ1v) is 8.87. The Kier molecular flexibility index (Phi) is 5.88. The molecule has 0 aliphatic carbocycles. The third-order valence-corrected chi connectivity index (χ3v) is 4.48. The van der Waals surface area contributed by atoms with Gasteiger partial charge in [0.15, 0.2) is 5.82 Å². The van der Waals surface area contributed by atoms with Gasteiger partial charge in [0, 0.05) is 13.2 Å². The zero-order chi connectivity index (χ0) is 22.1. The monoisotopic (exact) mass is 422 g/mol. The summed E-state index contributed by atoms with van der Waals surface area (Å²) in [7, 11) is 1.45. The molecule has 30 heavy (non-hydrogen) atoms. The molecule has 0 bridgehead atoms. The van der Waals surface area contributed by atoms with Crippen molar-refractivity contribution in [2.45, 2.75) is 26.1 Å². The molecule has 0 aliphatic rings. The van der Waals surface area contributed by atoms with Crippen molar-refractivity contribution in [1.29, 1.82) is 0 Å². The zero-order valence-corrected chi connectivity index (χ0v) is 16.1. The van der Waals surface area contributed by atoms with Crippen molar-refractivity contribution in [2.24, 2.45) is 0 Å². The molecule has 0 radical (unpaired) electrons. The lowest BCUT2D eigenvalue weighted by Gasteiger charge is -2.11. The standard InChI is InChI=1S/C20H18F4N4O2/c1-11-18(19(30)25-2)16(10-29)28(27-11)17-8-12(3-4-26-17)5-13-6-14(20(22,23)24)9-15(21)7-13/h3-4,6-9,29H,5,10H2,1-2H3,(H,25,30). The van der Waals surface area contributed by atoms with Crippen LogP contribution in [0.3, 0.4) is 0 Å². The summed E-state index contributed by atoms with van der Waals surface area (Å²) in [6.45, 7) is 1.13. The molecule has 0 aliphatic heterocycles. The average Bonchev–Trinajstić information content (AvgIpc) is 3.02. The minimum atomic E-state index is -4.65.